The van der Waals surface area contributed by atoms with E-state index in [1.54, 1.807) is 29.7 Å². The van der Waals surface area contributed by atoms with Gasteiger partial charge < -0.3 is 19.9 Å². The highest BCUT2D eigenvalue weighted by Gasteiger charge is 2.31. The standard InChI is InChI=1S/C26H23N5O3S2/c1-31(16-5-7-17(34-2)8-6-16)25(32)14-3-9-18-20(11-14)35-24-22(18)23(27-13-28-24)29-15-4-10-19-21(12-15)36-26(33)30-19/h4-8,10,12-14H,3,9,11H2,1-2H3,(H,30,33)(H,27,28,29)/t14-/m1/s1. The largest absolute Gasteiger partial charge is 0.497 e. The monoisotopic (exact) mass is 517 g/mol. The van der Waals surface area contributed by atoms with Crippen molar-refractivity contribution < 1.29 is 9.53 Å². The fourth-order valence-corrected chi connectivity index (χ4v) is 6.83. The van der Waals surface area contributed by atoms with Crippen LogP contribution < -0.4 is 19.8 Å². The highest BCUT2D eigenvalue weighted by atomic mass is 32.1. The van der Waals surface area contributed by atoms with Crippen molar-refractivity contribution >= 4 is 66.2 Å². The van der Waals surface area contributed by atoms with Crippen LogP contribution in [-0.2, 0) is 17.6 Å². The predicted molar refractivity (Wildman–Crippen MR) is 145 cm³/mol. The molecule has 5 aromatic rings. The summed E-state index contributed by atoms with van der Waals surface area (Å²) in [6.45, 7) is 0. The Kier molecular flexibility index (Phi) is 5.69. The minimum atomic E-state index is -0.0826. The molecule has 0 radical (unpaired) electrons. The molecular formula is C26H23N5O3S2. The van der Waals surface area contributed by atoms with Crippen molar-refractivity contribution in [3.63, 3.8) is 0 Å². The third-order valence-corrected chi connectivity index (χ3v) is 8.68. The molecule has 1 amide bonds. The van der Waals surface area contributed by atoms with E-state index in [2.05, 4.69) is 20.3 Å². The zero-order valence-electron chi connectivity index (χ0n) is 19.7. The first-order valence-corrected chi connectivity index (χ1v) is 13.2. The van der Waals surface area contributed by atoms with Gasteiger partial charge in [0.05, 0.1) is 22.7 Å². The number of ether oxygens (including phenoxy) is 1. The van der Waals surface area contributed by atoms with Crippen LogP contribution in [0.1, 0.15) is 16.9 Å². The van der Waals surface area contributed by atoms with Crippen LogP contribution in [0.4, 0.5) is 17.2 Å². The number of nitrogens with zero attached hydrogens (tertiary/aromatic N) is 3. The van der Waals surface area contributed by atoms with E-state index in [9.17, 15) is 9.59 Å². The maximum atomic E-state index is 13.3. The SMILES string of the molecule is COc1ccc(N(C)C(=O)[C@@H]2CCc3c(sc4ncnc(Nc5ccc6[nH]c(=O)sc6c5)c34)C2)cc1. The van der Waals surface area contributed by atoms with Gasteiger partial charge in [0.1, 0.15) is 22.7 Å². The molecule has 2 aromatic carbocycles. The number of benzene rings is 2. The van der Waals surface area contributed by atoms with Gasteiger partial charge in [0.15, 0.2) is 0 Å². The van der Waals surface area contributed by atoms with Crippen molar-refractivity contribution in [2.45, 2.75) is 19.3 Å². The molecule has 8 nitrogen and oxygen atoms in total. The summed E-state index contributed by atoms with van der Waals surface area (Å²) in [5, 5.41) is 4.45. The van der Waals surface area contributed by atoms with Crippen molar-refractivity contribution in [2.75, 3.05) is 24.4 Å². The molecule has 3 heterocycles. The van der Waals surface area contributed by atoms with Gasteiger partial charge in [0, 0.05) is 29.2 Å². The lowest BCUT2D eigenvalue weighted by Crippen LogP contribution is -2.35. The van der Waals surface area contributed by atoms with Crippen molar-refractivity contribution in [3.8, 4) is 5.75 Å². The zero-order valence-corrected chi connectivity index (χ0v) is 21.3. The van der Waals surface area contributed by atoms with Gasteiger partial charge in [-0.3, -0.25) is 9.59 Å². The highest BCUT2D eigenvalue weighted by molar-refractivity contribution is 7.19. The molecule has 6 rings (SSSR count). The summed E-state index contributed by atoms with van der Waals surface area (Å²) in [5.74, 6) is 1.55. The Labute approximate surface area is 214 Å². The number of anilines is 3. The van der Waals surface area contributed by atoms with Crippen molar-refractivity contribution in [3.05, 3.63) is 68.9 Å². The molecule has 0 saturated carbocycles. The first-order valence-electron chi connectivity index (χ1n) is 11.6. The first-order chi connectivity index (χ1) is 17.5. The van der Waals surface area contributed by atoms with Gasteiger partial charge in [-0.05, 0) is 67.3 Å². The minimum absolute atomic E-state index is 0.0692. The lowest BCUT2D eigenvalue weighted by molar-refractivity contribution is -0.122. The molecule has 36 heavy (non-hydrogen) atoms. The number of aromatic nitrogens is 3. The minimum Gasteiger partial charge on any atom is -0.497 e. The van der Waals surface area contributed by atoms with Gasteiger partial charge in [-0.15, -0.1) is 11.3 Å². The molecular weight excluding hydrogens is 494 g/mol. The summed E-state index contributed by atoms with van der Waals surface area (Å²) in [4.78, 5) is 40.7. The number of hydrogen-bond acceptors (Lipinski definition) is 8. The molecule has 1 aliphatic rings. The van der Waals surface area contributed by atoms with E-state index in [0.29, 0.717) is 6.42 Å². The van der Waals surface area contributed by atoms with Gasteiger partial charge in [-0.25, -0.2) is 9.97 Å². The van der Waals surface area contributed by atoms with Crippen LogP contribution in [0.15, 0.2) is 53.6 Å². The quantitative estimate of drug-likeness (QED) is 0.336. The number of amides is 1. The van der Waals surface area contributed by atoms with E-state index in [-0.39, 0.29) is 16.7 Å². The lowest BCUT2D eigenvalue weighted by Gasteiger charge is -2.27. The topological polar surface area (TPSA) is 100 Å². The Balaban J connectivity index is 1.26. The molecule has 0 bridgehead atoms. The Morgan fingerprint density at radius 3 is 2.81 bits per heavy atom. The number of carbonyl (C=O) groups is 1. The van der Waals surface area contributed by atoms with Crippen LogP contribution >= 0.6 is 22.7 Å². The molecule has 0 unspecified atom stereocenters. The van der Waals surface area contributed by atoms with Crippen molar-refractivity contribution in [2.24, 2.45) is 5.92 Å². The fourth-order valence-electron chi connectivity index (χ4n) is 4.78. The van der Waals surface area contributed by atoms with Gasteiger partial charge in [0.25, 0.3) is 0 Å². The average molecular weight is 518 g/mol. The van der Waals surface area contributed by atoms with Gasteiger partial charge in [-0.2, -0.15) is 0 Å². The third kappa shape index (κ3) is 4.02. The van der Waals surface area contributed by atoms with E-state index in [1.165, 1.54) is 21.8 Å². The number of fused-ring (bicyclic) bond motifs is 4. The molecule has 182 valence electrons. The summed E-state index contributed by atoms with van der Waals surface area (Å²) in [6, 6.07) is 13.3. The van der Waals surface area contributed by atoms with Crippen LogP contribution in [0.5, 0.6) is 5.75 Å². The number of methoxy groups -OCH3 is 1. The van der Waals surface area contributed by atoms with Gasteiger partial charge in [-0.1, -0.05) is 11.3 Å². The Morgan fingerprint density at radius 2 is 2.00 bits per heavy atom. The van der Waals surface area contributed by atoms with E-state index in [1.807, 2.05) is 49.5 Å². The fraction of sp³-hybridized carbons (Fsp3) is 0.231. The second-order valence-electron chi connectivity index (χ2n) is 8.79. The van der Waals surface area contributed by atoms with Gasteiger partial charge >= 0.3 is 4.87 Å². The highest BCUT2D eigenvalue weighted by Crippen LogP contribution is 2.41. The number of carbonyl (C=O) groups excluding carboxylic acids is 1. The molecule has 0 fully saturated rings. The summed E-state index contributed by atoms with van der Waals surface area (Å²) in [7, 11) is 3.46. The molecule has 10 heteroatoms. The van der Waals surface area contributed by atoms with E-state index < -0.39 is 0 Å². The van der Waals surface area contributed by atoms with E-state index in [0.717, 1.165) is 56.2 Å². The van der Waals surface area contributed by atoms with Crippen LogP contribution in [0, 0.1) is 5.92 Å². The van der Waals surface area contributed by atoms with Crippen LogP contribution in [0.3, 0.4) is 0 Å². The summed E-state index contributed by atoms with van der Waals surface area (Å²) >= 11 is 2.83. The van der Waals surface area contributed by atoms with E-state index >= 15 is 0 Å². The zero-order chi connectivity index (χ0) is 24.8. The van der Waals surface area contributed by atoms with Crippen LogP contribution in [-0.4, -0.2) is 35.0 Å². The summed E-state index contributed by atoms with van der Waals surface area (Å²) < 4.78 is 6.12. The van der Waals surface area contributed by atoms with Crippen molar-refractivity contribution in [1.82, 2.24) is 15.0 Å². The normalized spacial score (nSPS) is 15.1. The molecule has 0 saturated heterocycles. The van der Waals surface area contributed by atoms with Crippen LogP contribution in [0.25, 0.3) is 20.4 Å². The number of hydrogen-bond donors (Lipinski definition) is 2. The smallest absolute Gasteiger partial charge is 0.305 e. The first kappa shape index (κ1) is 22.7. The summed E-state index contributed by atoms with van der Waals surface area (Å²) in [6.07, 6.45) is 3.83. The molecule has 0 aliphatic heterocycles. The number of aromatic amines is 1. The molecule has 1 atom stereocenters. The number of aryl methyl sites for hydroxylation is 1. The number of thiazole rings is 1. The number of rotatable bonds is 5. The van der Waals surface area contributed by atoms with Crippen molar-refractivity contribution in [1.29, 1.82) is 0 Å². The van der Waals surface area contributed by atoms with Crippen LogP contribution in [0.2, 0.25) is 0 Å². The Hall–Kier alpha value is -3.76. The Bertz CT molecular complexity index is 1650. The predicted octanol–water partition coefficient (Wildman–Crippen LogP) is 5.11. The molecule has 2 N–H and O–H groups in total. The molecule has 1 aliphatic carbocycles. The Morgan fingerprint density at radius 1 is 1.17 bits per heavy atom. The number of thiophene rings is 1. The maximum absolute atomic E-state index is 13.3. The molecule has 3 aromatic heterocycles. The van der Waals surface area contributed by atoms with Gasteiger partial charge in [0.2, 0.25) is 5.91 Å². The maximum Gasteiger partial charge on any atom is 0.305 e. The number of H-pyrrole nitrogens is 1. The third-order valence-electron chi connectivity index (χ3n) is 6.67. The lowest BCUT2D eigenvalue weighted by atomic mass is 9.87. The molecule has 0 spiro atoms. The second-order valence-corrected chi connectivity index (χ2v) is 10.9. The van der Waals surface area contributed by atoms with E-state index in [4.69, 9.17) is 4.74 Å². The number of nitrogens with one attached hydrogen (secondary N) is 2. The summed E-state index contributed by atoms with van der Waals surface area (Å²) in [5.41, 5.74) is 3.76. The average Bonchev–Trinajstić information content (AvgIpc) is 3.46. The second kappa shape index (κ2) is 9.03.